The minimum absolute atomic E-state index is 0.0643. The van der Waals surface area contributed by atoms with Gasteiger partial charge in [0.25, 0.3) is 5.91 Å². The van der Waals surface area contributed by atoms with Crippen LogP contribution in [0.4, 0.5) is 4.39 Å². The van der Waals surface area contributed by atoms with Crippen LogP contribution in [0.3, 0.4) is 0 Å². The highest BCUT2D eigenvalue weighted by Gasteiger charge is 2.41. The molecule has 0 radical (unpaired) electrons. The Kier molecular flexibility index (Phi) is 5.36. The molecule has 1 aliphatic carbocycles. The lowest BCUT2D eigenvalue weighted by Crippen LogP contribution is -2.39. The normalized spacial score (nSPS) is 16.5. The monoisotopic (exact) mass is 322 g/mol. The molecule has 0 aliphatic heterocycles. The van der Waals surface area contributed by atoms with E-state index in [9.17, 15) is 19.1 Å². The fourth-order valence-corrected chi connectivity index (χ4v) is 2.45. The molecule has 23 heavy (non-hydrogen) atoms. The fraction of sp³-hybridized carbons (Fsp3) is 0.529. The van der Waals surface area contributed by atoms with E-state index in [4.69, 9.17) is 0 Å². The van der Waals surface area contributed by atoms with E-state index in [2.05, 4.69) is 10.6 Å². The summed E-state index contributed by atoms with van der Waals surface area (Å²) >= 11 is 0. The van der Waals surface area contributed by atoms with Crippen LogP contribution in [0.25, 0.3) is 0 Å². The average Bonchev–Trinajstić information content (AvgIpc) is 3.31. The Bertz CT molecular complexity index is 598. The van der Waals surface area contributed by atoms with Crippen molar-refractivity contribution in [3.05, 3.63) is 35.1 Å². The van der Waals surface area contributed by atoms with Crippen LogP contribution in [-0.2, 0) is 4.79 Å². The zero-order valence-electron chi connectivity index (χ0n) is 13.5. The Morgan fingerprint density at radius 3 is 2.57 bits per heavy atom. The van der Waals surface area contributed by atoms with E-state index >= 15 is 0 Å². The van der Waals surface area contributed by atoms with Crippen molar-refractivity contribution < 1.29 is 19.1 Å². The predicted molar refractivity (Wildman–Crippen MR) is 84.4 cm³/mol. The molecule has 0 aromatic heterocycles. The molecule has 2 rings (SSSR count). The van der Waals surface area contributed by atoms with Gasteiger partial charge in [-0.15, -0.1) is 0 Å². The van der Waals surface area contributed by atoms with E-state index in [1.54, 1.807) is 26.0 Å². The van der Waals surface area contributed by atoms with Crippen LogP contribution >= 0.6 is 0 Å². The molecule has 6 heteroatoms. The van der Waals surface area contributed by atoms with Gasteiger partial charge in [-0.1, -0.05) is 6.07 Å². The van der Waals surface area contributed by atoms with E-state index in [0.29, 0.717) is 5.56 Å². The van der Waals surface area contributed by atoms with E-state index < -0.39 is 11.4 Å². The molecule has 0 saturated heterocycles. The molecule has 3 N–H and O–H groups in total. The molecule has 0 bridgehead atoms. The lowest BCUT2D eigenvalue weighted by molar-refractivity contribution is -0.126. The first-order valence-electron chi connectivity index (χ1n) is 7.83. The highest BCUT2D eigenvalue weighted by molar-refractivity contribution is 5.94. The van der Waals surface area contributed by atoms with Crippen molar-refractivity contribution in [2.45, 2.75) is 38.7 Å². The summed E-state index contributed by atoms with van der Waals surface area (Å²) in [5, 5.41) is 15.4. The van der Waals surface area contributed by atoms with Crippen LogP contribution < -0.4 is 10.6 Å². The summed E-state index contributed by atoms with van der Waals surface area (Å²) in [4.78, 5) is 23.6. The maximum absolute atomic E-state index is 13.4. The second kappa shape index (κ2) is 7.08. The van der Waals surface area contributed by atoms with Crippen molar-refractivity contribution >= 4 is 11.8 Å². The lowest BCUT2D eigenvalue weighted by atomic mass is 9.96. The number of aliphatic hydroxyl groups is 1. The molecule has 0 heterocycles. The van der Waals surface area contributed by atoms with Crippen LogP contribution in [0.2, 0.25) is 0 Å². The van der Waals surface area contributed by atoms with E-state index in [-0.39, 0.29) is 42.8 Å². The summed E-state index contributed by atoms with van der Waals surface area (Å²) in [6.45, 7) is 3.81. The molecule has 1 aliphatic rings. The van der Waals surface area contributed by atoms with Crippen molar-refractivity contribution in [1.29, 1.82) is 0 Å². The van der Waals surface area contributed by atoms with Crippen molar-refractivity contribution in [2.24, 2.45) is 5.92 Å². The summed E-state index contributed by atoms with van der Waals surface area (Å²) in [5.74, 6) is -0.835. The molecular weight excluding hydrogens is 299 g/mol. The first-order chi connectivity index (χ1) is 10.8. The highest BCUT2D eigenvalue weighted by atomic mass is 19.1. The van der Waals surface area contributed by atoms with Gasteiger partial charge in [0.1, 0.15) is 5.82 Å². The predicted octanol–water partition coefficient (Wildman–Crippen LogP) is 1.53. The third-order valence-electron chi connectivity index (χ3n) is 4.14. The standard InChI is InChI=1S/C17H23FN2O3/c1-11-3-4-12(9-14(11)18)16(22)20-8-7-19-15(21)10-17(2,23)13-5-6-13/h3-4,9,13,23H,5-8,10H2,1-2H3,(H,19,21)(H,20,22)/t17-/m1/s1. The highest BCUT2D eigenvalue weighted by Crippen LogP contribution is 2.41. The van der Waals surface area contributed by atoms with Gasteiger partial charge < -0.3 is 15.7 Å². The molecule has 126 valence electrons. The van der Waals surface area contributed by atoms with Gasteiger partial charge in [0.15, 0.2) is 0 Å². The summed E-state index contributed by atoms with van der Waals surface area (Å²) < 4.78 is 13.4. The Hall–Kier alpha value is -1.95. The lowest BCUT2D eigenvalue weighted by Gasteiger charge is -2.22. The summed E-state index contributed by atoms with van der Waals surface area (Å²) in [6, 6.07) is 4.29. The number of hydrogen-bond donors (Lipinski definition) is 3. The second-order valence-corrected chi connectivity index (χ2v) is 6.38. The number of rotatable bonds is 7. The van der Waals surface area contributed by atoms with Gasteiger partial charge in [0, 0.05) is 18.7 Å². The SMILES string of the molecule is Cc1ccc(C(=O)NCCNC(=O)C[C@@](C)(O)C2CC2)cc1F. The second-order valence-electron chi connectivity index (χ2n) is 6.38. The van der Waals surface area contributed by atoms with Crippen LogP contribution in [0.1, 0.15) is 42.1 Å². The molecule has 0 spiro atoms. The van der Waals surface area contributed by atoms with Gasteiger partial charge in [-0.25, -0.2) is 4.39 Å². The number of aryl methyl sites for hydroxylation is 1. The number of hydrogen-bond acceptors (Lipinski definition) is 3. The van der Waals surface area contributed by atoms with Gasteiger partial charge in [0.2, 0.25) is 5.91 Å². The summed E-state index contributed by atoms with van der Waals surface area (Å²) in [6.07, 6.45) is 1.99. The number of carbonyl (C=O) groups excluding carboxylic acids is 2. The number of carbonyl (C=O) groups is 2. The molecular formula is C17H23FN2O3. The largest absolute Gasteiger partial charge is 0.389 e. The zero-order valence-corrected chi connectivity index (χ0v) is 13.5. The Labute approximate surface area is 135 Å². The van der Waals surface area contributed by atoms with Crippen LogP contribution in [0.5, 0.6) is 0 Å². The third kappa shape index (κ3) is 5.03. The summed E-state index contributed by atoms with van der Waals surface area (Å²) in [7, 11) is 0. The van der Waals surface area contributed by atoms with Crippen LogP contribution in [0.15, 0.2) is 18.2 Å². The van der Waals surface area contributed by atoms with E-state index in [0.717, 1.165) is 12.8 Å². The van der Waals surface area contributed by atoms with Crippen molar-refractivity contribution in [1.82, 2.24) is 10.6 Å². The van der Waals surface area contributed by atoms with Crippen molar-refractivity contribution in [3.63, 3.8) is 0 Å². The van der Waals surface area contributed by atoms with Gasteiger partial charge >= 0.3 is 0 Å². The Balaban J connectivity index is 1.69. The van der Waals surface area contributed by atoms with Crippen molar-refractivity contribution in [3.8, 4) is 0 Å². The zero-order chi connectivity index (χ0) is 17.0. The van der Waals surface area contributed by atoms with Gasteiger partial charge in [-0.05, 0) is 50.3 Å². The number of nitrogens with one attached hydrogen (secondary N) is 2. The Morgan fingerprint density at radius 1 is 1.30 bits per heavy atom. The van der Waals surface area contributed by atoms with Gasteiger partial charge in [-0.2, -0.15) is 0 Å². The molecule has 2 amide bonds. The van der Waals surface area contributed by atoms with Crippen LogP contribution in [-0.4, -0.2) is 35.6 Å². The number of amides is 2. The molecule has 1 saturated carbocycles. The molecule has 5 nitrogen and oxygen atoms in total. The van der Waals surface area contributed by atoms with Crippen molar-refractivity contribution in [2.75, 3.05) is 13.1 Å². The first kappa shape index (κ1) is 17.4. The quantitative estimate of drug-likeness (QED) is 0.666. The molecule has 1 aromatic rings. The molecule has 1 fully saturated rings. The average molecular weight is 322 g/mol. The maximum Gasteiger partial charge on any atom is 0.251 e. The minimum Gasteiger partial charge on any atom is -0.389 e. The van der Waals surface area contributed by atoms with Crippen LogP contribution in [0, 0.1) is 18.7 Å². The van der Waals surface area contributed by atoms with Gasteiger partial charge in [0.05, 0.1) is 12.0 Å². The topological polar surface area (TPSA) is 78.4 Å². The third-order valence-corrected chi connectivity index (χ3v) is 4.14. The fourth-order valence-electron chi connectivity index (χ4n) is 2.45. The molecule has 0 unspecified atom stereocenters. The number of halogens is 1. The van der Waals surface area contributed by atoms with E-state index in [1.165, 1.54) is 6.07 Å². The minimum atomic E-state index is -0.952. The molecule has 1 aromatic carbocycles. The van der Waals surface area contributed by atoms with Gasteiger partial charge in [-0.3, -0.25) is 9.59 Å². The van der Waals surface area contributed by atoms with E-state index in [1.807, 2.05) is 0 Å². The number of benzene rings is 1. The smallest absolute Gasteiger partial charge is 0.251 e. The Morgan fingerprint density at radius 2 is 1.96 bits per heavy atom. The summed E-state index contributed by atoms with van der Waals surface area (Å²) in [5.41, 5.74) is -0.222. The first-order valence-corrected chi connectivity index (χ1v) is 7.83. The maximum atomic E-state index is 13.4. The molecule has 1 atom stereocenters.